The number of benzene rings is 1. The van der Waals surface area contributed by atoms with Crippen LogP contribution in [0.2, 0.25) is 5.02 Å². The standard InChI is InChI=1S/C17H20ClN3O3/c1-24-13-7-6-12(18)14(15(13)16(20)22)10-4-2-3-5-11(10)17(23)21-9-8-19/h6-7,10-11H,2-5,9H2,1H3,(H2,20,22)(H,21,23). The van der Waals surface area contributed by atoms with Crippen LogP contribution < -0.4 is 15.8 Å². The lowest BCUT2D eigenvalue weighted by molar-refractivity contribution is -0.126. The molecule has 128 valence electrons. The lowest BCUT2D eigenvalue weighted by atomic mass is 9.73. The first kappa shape index (κ1) is 18.1. The zero-order valence-corrected chi connectivity index (χ0v) is 14.2. The van der Waals surface area contributed by atoms with Gasteiger partial charge in [-0.25, -0.2) is 0 Å². The smallest absolute Gasteiger partial charge is 0.252 e. The van der Waals surface area contributed by atoms with Crippen molar-refractivity contribution in [2.24, 2.45) is 11.7 Å². The van der Waals surface area contributed by atoms with Gasteiger partial charge < -0.3 is 15.8 Å². The Labute approximate surface area is 145 Å². The molecule has 1 aliphatic rings. The number of rotatable bonds is 5. The molecule has 2 atom stereocenters. The minimum absolute atomic E-state index is 0.0451. The monoisotopic (exact) mass is 349 g/mol. The van der Waals surface area contributed by atoms with Crippen LogP contribution in [0.25, 0.3) is 0 Å². The number of nitriles is 1. The van der Waals surface area contributed by atoms with Crippen molar-refractivity contribution in [3.05, 3.63) is 28.3 Å². The molecule has 1 aliphatic carbocycles. The van der Waals surface area contributed by atoms with Crippen LogP contribution in [-0.2, 0) is 4.79 Å². The number of hydrogen-bond donors (Lipinski definition) is 2. The molecule has 3 N–H and O–H groups in total. The molecular weight excluding hydrogens is 330 g/mol. The van der Waals surface area contributed by atoms with Crippen LogP contribution in [-0.4, -0.2) is 25.5 Å². The first-order valence-corrected chi connectivity index (χ1v) is 8.19. The summed E-state index contributed by atoms with van der Waals surface area (Å²) in [6.45, 7) is -0.0451. The van der Waals surface area contributed by atoms with E-state index in [4.69, 9.17) is 27.3 Å². The van der Waals surface area contributed by atoms with Gasteiger partial charge in [0, 0.05) is 10.9 Å². The molecule has 24 heavy (non-hydrogen) atoms. The van der Waals surface area contributed by atoms with E-state index in [2.05, 4.69) is 5.32 Å². The molecule has 6 nitrogen and oxygen atoms in total. The van der Waals surface area contributed by atoms with Gasteiger partial charge in [0.25, 0.3) is 5.91 Å². The minimum atomic E-state index is -0.633. The summed E-state index contributed by atoms with van der Waals surface area (Å²) in [6.07, 6.45) is 3.23. The summed E-state index contributed by atoms with van der Waals surface area (Å²) < 4.78 is 5.25. The molecule has 7 heteroatoms. The van der Waals surface area contributed by atoms with Gasteiger partial charge in [-0.3, -0.25) is 9.59 Å². The first-order valence-electron chi connectivity index (χ1n) is 7.82. The van der Waals surface area contributed by atoms with Crippen LogP contribution >= 0.6 is 11.6 Å². The molecule has 0 aliphatic heterocycles. The predicted molar refractivity (Wildman–Crippen MR) is 89.8 cm³/mol. The average molecular weight is 350 g/mol. The van der Waals surface area contributed by atoms with E-state index in [1.807, 2.05) is 6.07 Å². The quantitative estimate of drug-likeness (QED) is 0.796. The zero-order valence-electron chi connectivity index (χ0n) is 13.5. The number of carbonyl (C=O) groups excluding carboxylic acids is 2. The van der Waals surface area contributed by atoms with Crippen molar-refractivity contribution < 1.29 is 14.3 Å². The number of nitrogens with zero attached hydrogens (tertiary/aromatic N) is 1. The molecule has 0 aromatic heterocycles. The summed E-state index contributed by atoms with van der Waals surface area (Å²) in [4.78, 5) is 24.4. The molecule has 2 unspecified atom stereocenters. The van der Waals surface area contributed by atoms with E-state index in [9.17, 15) is 9.59 Å². The summed E-state index contributed by atoms with van der Waals surface area (Å²) in [5.74, 6) is -1.07. The fraction of sp³-hybridized carbons (Fsp3) is 0.471. The zero-order chi connectivity index (χ0) is 17.7. The van der Waals surface area contributed by atoms with Crippen LogP contribution in [0.4, 0.5) is 0 Å². The van der Waals surface area contributed by atoms with Crippen LogP contribution in [0.15, 0.2) is 12.1 Å². The normalized spacial score (nSPS) is 20.0. The second-order valence-corrected chi connectivity index (χ2v) is 6.18. The van der Waals surface area contributed by atoms with Crippen molar-refractivity contribution in [2.75, 3.05) is 13.7 Å². The molecule has 0 spiro atoms. The Morgan fingerprint density at radius 3 is 2.75 bits per heavy atom. The second kappa shape index (κ2) is 8.02. The lowest BCUT2D eigenvalue weighted by Gasteiger charge is -2.32. The number of amides is 2. The molecular formula is C17H20ClN3O3. The van der Waals surface area contributed by atoms with E-state index in [-0.39, 0.29) is 29.9 Å². The van der Waals surface area contributed by atoms with Crippen LogP contribution in [0.5, 0.6) is 5.75 Å². The van der Waals surface area contributed by atoms with Crippen molar-refractivity contribution in [2.45, 2.75) is 31.6 Å². The van der Waals surface area contributed by atoms with Gasteiger partial charge in [-0.1, -0.05) is 24.4 Å². The Kier molecular flexibility index (Phi) is 6.04. The summed E-state index contributed by atoms with van der Waals surface area (Å²) >= 11 is 6.36. The van der Waals surface area contributed by atoms with Gasteiger partial charge in [0.1, 0.15) is 12.3 Å². The molecule has 1 aromatic carbocycles. The van der Waals surface area contributed by atoms with E-state index in [1.165, 1.54) is 7.11 Å². The van der Waals surface area contributed by atoms with Crippen molar-refractivity contribution in [1.29, 1.82) is 5.26 Å². The van der Waals surface area contributed by atoms with Gasteiger partial charge in [-0.2, -0.15) is 5.26 Å². The molecule has 2 rings (SSSR count). The second-order valence-electron chi connectivity index (χ2n) is 5.78. The highest BCUT2D eigenvalue weighted by molar-refractivity contribution is 6.32. The summed E-state index contributed by atoms with van der Waals surface area (Å²) in [5.41, 5.74) is 6.35. The molecule has 0 radical (unpaired) electrons. The number of carbonyl (C=O) groups is 2. The third-order valence-corrected chi connectivity index (χ3v) is 4.77. The highest BCUT2D eigenvalue weighted by Crippen LogP contribution is 2.44. The predicted octanol–water partition coefficient (Wildman–Crippen LogP) is 2.36. The number of halogens is 1. The van der Waals surface area contributed by atoms with E-state index >= 15 is 0 Å². The minimum Gasteiger partial charge on any atom is -0.496 e. The Balaban J connectivity index is 2.49. The van der Waals surface area contributed by atoms with Crippen molar-refractivity contribution in [3.8, 4) is 11.8 Å². The van der Waals surface area contributed by atoms with Gasteiger partial charge in [-0.05, 0) is 36.5 Å². The fourth-order valence-electron chi connectivity index (χ4n) is 3.41. The van der Waals surface area contributed by atoms with Gasteiger partial charge in [0.05, 0.1) is 18.7 Å². The van der Waals surface area contributed by atoms with Crippen molar-refractivity contribution in [1.82, 2.24) is 5.32 Å². The fourth-order valence-corrected chi connectivity index (χ4v) is 3.71. The number of nitrogens with one attached hydrogen (secondary N) is 1. The highest BCUT2D eigenvalue weighted by atomic mass is 35.5. The van der Waals surface area contributed by atoms with E-state index < -0.39 is 5.91 Å². The third-order valence-electron chi connectivity index (χ3n) is 4.44. The lowest BCUT2D eigenvalue weighted by Crippen LogP contribution is -2.36. The first-order chi connectivity index (χ1) is 11.5. The van der Waals surface area contributed by atoms with Crippen LogP contribution in [0.3, 0.4) is 0 Å². The van der Waals surface area contributed by atoms with Gasteiger partial charge >= 0.3 is 0 Å². The molecule has 1 saturated carbocycles. The number of methoxy groups -OCH3 is 1. The Hall–Kier alpha value is -2.26. The van der Waals surface area contributed by atoms with E-state index in [0.29, 0.717) is 22.8 Å². The topological polar surface area (TPSA) is 105 Å². The van der Waals surface area contributed by atoms with Crippen LogP contribution in [0.1, 0.15) is 47.5 Å². The number of nitrogens with two attached hydrogens (primary N) is 1. The number of hydrogen-bond acceptors (Lipinski definition) is 4. The van der Waals surface area contributed by atoms with Crippen molar-refractivity contribution >= 4 is 23.4 Å². The Morgan fingerprint density at radius 2 is 2.12 bits per heavy atom. The van der Waals surface area contributed by atoms with Crippen LogP contribution in [0, 0.1) is 17.2 Å². The Morgan fingerprint density at radius 1 is 1.42 bits per heavy atom. The summed E-state index contributed by atoms with van der Waals surface area (Å²) in [6, 6.07) is 5.15. The van der Waals surface area contributed by atoms with Crippen molar-refractivity contribution in [3.63, 3.8) is 0 Å². The van der Waals surface area contributed by atoms with Gasteiger partial charge in [0.15, 0.2) is 0 Å². The number of primary amides is 1. The number of ether oxygens (including phenoxy) is 1. The SMILES string of the molecule is COc1ccc(Cl)c(C2CCCCC2C(=O)NCC#N)c1C(N)=O. The molecule has 0 heterocycles. The van der Waals surface area contributed by atoms with Gasteiger partial charge in [-0.15, -0.1) is 0 Å². The largest absolute Gasteiger partial charge is 0.496 e. The molecule has 2 amide bonds. The van der Waals surface area contributed by atoms with E-state index in [1.54, 1.807) is 12.1 Å². The molecule has 0 saturated heterocycles. The summed E-state index contributed by atoms with van der Waals surface area (Å²) in [5, 5.41) is 11.7. The Bertz CT molecular complexity index is 684. The molecule has 0 bridgehead atoms. The summed E-state index contributed by atoms with van der Waals surface area (Å²) in [7, 11) is 1.46. The average Bonchev–Trinajstić information content (AvgIpc) is 2.59. The van der Waals surface area contributed by atoms with E-state index in [0.717, 1.165) is 19.3 Å². The third kappa shape index (κ3) is 3.62. The molecule has 1 fully saturated rings. The molecule has 1 aromatic rings. The maximum atomic E-state index is 12.4. The van der Waals surface area contributed by atoms with Gasteiger partial charge in [0.2, 0.25) is 5.91 Å². The maximum absolute atomic E-state index is 12.4. The maximum Gasteiger partial charge on any atom is 0.252 e. The highest BCUT2D eigenvalue weighted by Gasteiger charge is 2.36.